The number of aromatic nitrogens is 1. The van der Waals surface area contributed by atoms with Gasteiger partial charge in [-0.2, -0.15) is 0 Å². The van der Waals surface area contributed by atoms with Gasteiger partial charge in [-0.05, 0) is 37.1 Å². The Labute approximate surface area is 125 Å². The molecule has 4 nitrogen and oxygen atoms in total. The van der Waals surface area contributed by atoms with Gasteiger partial charge in [0.1, 0.15) is 5.75 Å². The molecule has 0 spiro atoms. The molecule has 1 aromatic heterocycles. The summed E-state index contributed by atoms with van der Waals surface area (Å²) < 4.78 is 6.90. The summed E-state index contributed by atoms with van der Waals surface area (Å²) in [6.45, 7) is 4.90. The minimum absolute atomic E-state index is 0.0412. The highest BCUT2D eigenvalue weighted by Crippen LogP contribution is 2.21. The minimum atomic E-state index is 0.0412. The maximum Gasteiger partial charge on any atom is 0.250 e. The van der Waals surface area contributed by atoms with Crippen LogP contribution in [0.2, 0.25) is 0 Å². The second-order valence-corrected chi connectivity index (χ2v) is 5.09. The van der Waals surface area contributed by atoms with E-state index in [2.05, 4.69) is 19.2 Å². The molecule has 0 amide bonds. The molecule has 4 heteroatoms. The molecule has 2 aromatic rings. The fourth-order valence-corrected chi connectivity index (χ4v) is 2.26. The molecule has 0 aliphatic carbocycles. The van der Waals surface area contributed by atoms with E-state index in [1.165, 1.54) is 5.56 Å². The van der Waals surface area contributed by atoms with E-state index in [4.69, 9.17) is 4.74 Å². The molecule has 0 fully saturated rings. The monoisotopic (exact) mass is 286 g/mol. The third-order valence-electron chi connectivity index (χ3n) is 3.45. The molecule has 0 aliphatic rings. The number of anilines is 1. The van der Waals surface area contributed by atoms with Crippen LogP contribution in [-0.2, 0) is 6.54 Å². The van der Waals surface area contributed by atoms with Crippen LogP contribution >= 0.6 is 0 Å². The Balaban J connectivity index is 2.12. The average molecular weight is 286 g/mol. The van der Waals surface area contributed by atoms with Crippen molar-refractivity contribution >= 4 is 5.69 Å². The lowest BCUT2D eigenvalue weighted by Gasteiger charge is -2.17. The molecule has 1 atom stereocenters. The molecule has 1 aromatic carbocycles. The van der Waals surface area contributed by atoms with Crippen LogP contribution in [0.5, 0.6) is 5.75 Å². The van der Waals surface area contributed by atoms with Crippen LogP contribution in [0.4, 0.5) is 5.69 Å². The topological polar surface area (TPSA) is 43.3 Å². The first-order chi connectivity index (χ1) is 10.1. The molecule has 21 heavy (non-hydrogen) atoms. The van der Waals surface area contributed by atoms with Gasteiger partial charge in [-0.3, -0.25) is 4.79 Å². The lowest BCUT2D eigenvalue weighted by atomic mass is 10.1. The predicted octanol–water partition coefficient (Wildman–Crippen LogP) is 3.44. The Morgan fingerprint density at radius 2 is 1.90 bits per heavy atom. The summed E-state index contributed by atoms with van der Waals surface area (Å²) in [4.78, 5) is 11.7. The summed E-state index contributed by atoms with van der Waals surface area (Å²) in [5.41, 5.74) is 2.16. The summed E-state index contributed by atoms with van der Waals surface area (Å²) in [6.07, 6.45) is 2.82. The highest BCUT2D eigenvalue weighted by atomic mass is 16.5. The van der Waals surface area contributed by atoms with E-state index in [-0.39, 0.29) is 11.6 Å². The Morgan fingerprint density at radius 3 is 2.52 bits per heavy atom. The summed E-state index contributed by atoms with van der Waals surface area (Å²) in [5.74, 6) is 0.849. The van der Waals surface area contributed by atoms with Gasteiger partial charge in [0.15, 0.2) is 0 Å². The maximum absolute atomic E-state index is 11.7. The summed E-state index contributed by atoms with van der Waals surface area (Å²) >= 11 is 0. The zero-order chi connectivity index (χ0) is 15.2. The number of methoxy groups -OCH3 is 1. The van der Waals surface area contributed by atoms with Crippen molar-refractivity contribution in [2.24, 2.45) is 0 Å². The molecular formula is C17H22N2O2. The zero-order valence-corrected chi connectivity index (χ0v) is 12.8. The van der Waals surface area contributed by atoms with E-state index in [0.717, 1.165) is 24.4 Å². The van der Waals surface area contributed by atoms with E-state index in [9.17, 15) is 4.79 Å². The van der Waals surface area contributed by atoms with Crippen LogP contribution in [0.25, 0.3) is 0 Å². The van der Waals surface area contributed by atoms with Gasteiger partial charge in [0.05, 0.1) is 12.8 Å². The van der Waals surface area contributed by atoms with Crippen LogP contribution in [0.3, 0.4) is 0 Å². The van der Waals surface area contributed by atoms with Crippen molar-refractivity contribution in [3.05, 3.63) is 58.5 Å². The average Bonchev–Trinajstić information content (AvgIpc) is 2.51. The van der Waals surface area contributed by atoms with Crippen molar-refractivity contribution in [1.82, 2.24) is 4.57 Å². The van der Waals surface area contributed by atoms with Gasteiger partial charge in [0, 0.05) is 24.8 Å². The fourth-order valence-electron chi connectivity index (χ4n) is 2.26. The molecule has 0 bridgehead atoms. The summed E-state index contributed by atoms with van der Waals surface area (Å²) in [7, 11) is 1.66. The quantitative estimate of drug-likeness (QED) is 0.884. The second-order valence-electron chi connectivity index (χ2n) is 5.09. The van der Waals surface area contributed by atoms with Gasteiger partial charge < -0.3 is 14.6 Å². The van der Waals surface area contributed by atoms with Crippen molar-refractivity contribution in [3.63, 3.8) is 0 Å². The SMILES string of the molecule is CCCn1cc(NC(C)c2ccc(OC)cc2)ccc1=O. The third-order valence-corrected chi connectivity index (χ3v) is 3.45. The first-order valence-electron chi connectivity index (χ1n) is 7.25. The van der Waals surface area contributed by atoms with Crippen molar-refractivity contribution in [2.75, 3.05) is 12.4 Å². The number of benzene rings is 1. The molecule has 0 radical (unpaired) electrons. The van der Waals surface area contributed by atoms with E-state index in [0.29, 0.717) is 0 Å². The first kappa shape index (κ1) is 15.2. The molecule has 2 rings (SSSR count). The summed E-state index contributed by atoms with van der Waals surface area (Å²) in [5, 5.41) is 3.42. The standard InChI is InChI=1S/C17H22N2O2/c1-4-11-19-12-15(7-10-17(19)20)18-13(2)14-5-8-16(21-3)9-6-14/h5-10,12-13,18H,4,11H2,1-3H3. The lowest BCUT2D eigenvalue weighted by Crippen LogP contribution is -2.19. The van der Waals surface area contributed by atoms with E-state index < -0.39 is 0 Å². The highest BCUT2D eigenvalue weighted by Gasteiger charge is 2.06. The summed E-state index contributed by atoms with van der Waals surface area (Å²) in [6, 6.07) is 11.6. The Bertz CT molecular complexity index is 632. The number of rotatable bonds is 6. The first-order valence-corrected chi connectivity index (χ1v) is 7.25. The Kier molecular flexibility index (Phi) is 5.04. The van der Waals surface area contributed by atoms with E-state index in [1.54, 1.807) is 17.7 Å². The van der Waals surface area contributed by atoms with Crippen LogP contribution in [0.1, 0.15) is 31.9 Å². The zero-order valence-electron chi connectivity index (χ0n) is 12.8. The van der Waals surface area contributed by atoms with E-state index >= 15 is 0 Å². The van der Waals surface area contributed by atoms with Gasteiger partial charge in [-0.15, -0.1) is 0 Å². The Hall–Kier alpha value is -2.23. The number of hydrogen-bond acceptors (Lipinski definition) is 3. The number of nitrogens with one attached hydrogen (secondary N) is 1. The number of pyridine rings is 1. The molecule has 0 saturated carbocycles. The predicted molar refractivity (Wildman–Crippen MR) is 86.0 cm³/mol. The molecule has 1 N–H and O–H groups in total. The lowest BCUT2D eigenvalue weighted by molar-refractivity contribution is 0.414. The van der Waals surface area contributed by atoms with Crippen molar-refractivity contribution in [1.29, 1.82) is 0 Å². The van der Waals surface area contributed by atoms with Crippen LogP contribution in [-0.4, -0.2) is 11.7 Å². The maximum atomic E-state index is 11.7. The van der Waals surface area contributed by atoms with Gasteiger partial charge >= 0.3 is 0 Å². The Morgan fingerprint density at radius 1 is 1.19 bits per heavy atom. The van der Waals surface area contributed by atoms with Crippen molar-refractivity contribution < 1.29 is 4.74 Å². The largest absolute Gasteiger partial charge is 0.497 e. The van der Waals surface area contributed by atoms with Gasteiger partial charge in [0.2, 0.25) is 0 Å². The van der Waals surface area contributed by atoms with Gasteiger partial charge in [0.25, 0.3) is 5.56 Å². The smallest absolute Gasteiger partial charge is 0.250 e. The molecular weight excluding hydrogens is 264 g/mol. The highest BCUT2D eigenvalue weighted by molar-refractivity contribution is 5.43. The normalized spacial score (nSPS) is 12.0. The molecule has 0 aliphatic heterocycles. The van der Waals surface area contributed by atoms with Crippen LogP contribution in [0.15, 0.2) is 47.4 Å². The van der Waals surface area contributed by atoms with Crippen molar-refractivity contribution in [2.45, 2.75) is 32.9 Å². The van der Waals surface area contributed by atoms with Crippen LogP contribution < -0.4 is 15.6 Å². The number of nitrogens with zero attached hydrogens (tertiary/aromatic N) is 1. The number of hydrogen-bond donors (Lipinski definition) is 1. The third kappa shape index (κ3) is 3.88. The molecule has 1 heterocycles. The number of ether oxygens (including phenoxy) is 1. The van der Waals surface area contributed by atoms with Gasteiger partial charge in [-0.1, -0.05) is 19.1 Å². The van der Waals surface area contributed by atoms with Crippen LogP contribution in [0, 0.1) is 0 Å². The minimum Gasteiger partial charge on any atom is -0.497 e. The number of aryl methyl sites for hydroxylation is 1. The molecule has 0 saturated heterocycles. The second kappa shape index (κ2) is 6.97. The molecule has 112 valence electrons. The van der Waals surface area contributed by atoms with Crippen molar-refractivity contribution in [3.8, 4) is 5.75 Å². The fraction of sp³-hybridized carbons (Fsp3) is 0.353. The van der Waals surface area contributed by atoms with E-state index in [1.807, 2.05) is 36.5 Å². The molecule has 1 unspecified atom stereocenters. The van der Waals surface area contributed by atoms with Gasteiger partial charge in [-0.25, -0.2) is 0 Å².